The third kappa shape index (κ3) is 4.06. The van der Waals surface area contributed by atoms with Gasteiger partial charge < -0.3 is 5.32 Å². The summed E-state index contributed by atoms with van der Waals surface area (Å²) in [4.78, 5) is 29.8. The van der Waals surface area contributed by atoms with Crippen molar-refractivity contribution in [3.05, 3.63) is 35.5 Å². The molecule has 0 spiro atoms. The summed E-state index contributed by atoms with van der Waals surface area (Å²) in [6.07, 6.45) is 1.02. The highest BCUT2D eigenvalue weighted by Gasteiger charge is 2.24. The van der Waals surface area contributed by atoms with E-state index in [1.54, 1.807) is 0 Å². The minimum Gasteiger partial charge on any atom is -0.310 e. The van der Waals surface area contributed by atoms with E-state index in [1.165, 1.54) is 38.1 Å². The maximum atomic E-state index is 12.7. The quantitative estimate of drug-likeness (QED) is 0.850. The first-order valence-electron chi connectivity index (χ1n) is 6.63. The SMILES string of the molecule is CC(=O)Nc1ncc(S(=O)(=O)c2ccc(Cl)cc2)c(NC(C)=O)n1. The lowest BCUT2D eigenvalue weighted by Gasteiger charge is -2.11. The van der Waals surface area contributed by atoms with E-state index in [9.17, 15) is 18.0 Å². The standard InChI is InChI=1S/C14H13ClN4O4S/c1-8(20)17-13-12(7-16-14(19-13)18-9(2)21)24(22,23)11-5-3-10(15)4-6-11/h3-7H,1-2H3,(H2,16,17,18,19,20,21). The minimum atomic E-state index is -3.99. The largest absolute Gasteiger partial charge is 0.310 e. The van der Waals surface area contributed by atoms with Crippen molar-refractivity contribution in [2.45, 2.75) is 23.6 Å². The number of anilines is 2. The Morgan fingerprint density at radius 3 is 2.17 bits per heavy atom. The normalized spacial score (nSPS) is 11.0. The Bertz CT molecular complexity index is 897. The number of hydrogen-bond acceptors (Lipinski definition) is 6. The topological polar surface area (TPSA) is 118 Å². The average molecular weight is 369 g/mol. The Balaban J connectivity index is 2.56. The molecule has 0 saturated heterocycles. The summed E-state index contributed by atoms with van der Waals surface area (Å²) in [6, 6.07) is 5.52. The van der Waals surface area contributed by atoms with E-state index in [4.69, 9.17) is 11.6 Å². The lowest BCUT2D eigenvalue weighted by molar-refractivity contribution is -0.115. The van der Waals surface area contributed by atoms with E-state index in [0.29, 0.717) is 5.02 Å². The Morgan fingerprint density at radius 2 is 1.62 bits per heavy atom. The Kier molecular flexibility index (Phi) is 5.15. The van der Waals surface area contributed by atoms with Crippen molar-refractivity contribution >= 4 is 45.0 Å². The highest BCUT2D eigenvalue weighted by Crippen LogP contribution is 2.27. The Morgan fingerprint density at radius 1 is 1.04 bits per heavy atom. The number of nitrogens with one attached hydrogen (secondary N) is 2. The van der Waals surface area contributed by atoms with Gasteiger partial charge in [-0.1, -0.05) is 11.6 Å². The van der Waals surface area contributed by atoms with Crippen LogP contribution in [-0.2, 0) is 19.4 Å². The van der Waals surface area contributed by atoms with E-state index < -0.39 is 21.7 Å². The molecule has 1 aromatic carbocycles. The summed E-state index contributed by atoms with van der Waals surface area (Å²) in [5, 5.41) is 5.03. The second-order valence-electron chi connectivity index (χ2n) is 4.73. The van der Waals surface area contributed by atoms with Gasteiger partial charge >= 0.3 is 0 Å². The van der Waals surface area contributed by atoms with Gasteiger partial charge in [-0.2, -0.15) is 4.98 Å². The fraction of sp³-hybridized carbons (Fsp3) is 0.143. The first-order valence-corrected chi connectivity index (χ1v) is 8.49. The molecule has 1 heterocycles. The van der Waals surface area contributed by atoms with Crippen LogP contribution in [0.2, 0.25) is 5.02 Å². The highest BCUT2D eigenvalue weighted by molar-refractivity contribution is 7.91. The van der Waals surface area contributed by atoms with Crippen molar-refractivity contribution in [3.8, 4) is 0 Å². The molecule has 0 aliphatic rings. The second-order valence-corrected chi connectivity index (χ2v) is 7.08. The van der Waals surface area contributed by atoms with Crippen LogP contribution in [0.25, 0.3) is 0 Å². The van der Waals surface area contributed by atoms with Gasteiger partial charge in [-0.3, -0.25) is 14.9 Å². The van der Waals surface area contributed by atoms with Gasteiger partial charge in [0.25, 0.3) is 0 Å². The predicted octanol–water partition coefficient (Wildman–Crippen LogP) is 1.88. The molecule has 2 N–H and O–H groups in total. The minimum absolute atomic E-state index is 0.0330. The van der Waals surface area contributed by atoms with Crippen LogP contribution in [0.1, 0.15) is 13.8 Å². The number of carbonyl (C=O) groups is 2. The first-order chi connectivity index (χ1) is 11.2. The summed E-state index contributed by atoms with van der Waals surface area (Å²) in [5.74, 6) is -1.30. The molecule has 2 rings (SSSR count). The average Bonchev–Trinajstić information content (AvgIpc) is 2.46. The summed E-state index contributed by atoms with van der Waals surface area (Å²) >= 11 is 5.76. The van der Waals surface area contributed by atoms with E-state index in [0.717, 1.165) is 6.20 Å². The summed E-state index contributed by atoms with van der Waals surface area (Å²) < 4.78 is 25.4. The Labute approximate surface area is 143 Å². The first kappa shape index (κ1) is 17.8. The van der Waals surface area contributed by atoms with Gasteiger partial charge in [-0.25, -0.2) is 13.4 Å². The van der Waals surface area contributed by atoms with Gasteiger partial charge in [0.05, 0.1) is 11.1 Å². The van der Waals surface area contributed by atoms with Gasteiger partial charge in [0.1, 0.15) is 4.90 Å². The number of aromatic nitrogens is 2. The molecule has 24 heavy (non-hydrogen) atoms. The zero-order valence-electron chi connectivity index (χ0n) is 12.7. The molecule has 0 bridgehead atoms. The van der Waals surface area contributed by atoms with Crippen molar-refractivity contribution in [2.75, 3.05) is 10.6 Å². The highest BCUT2D eigenvalue weighted by atomic mass is 35.5. The molecule has 0 fully saturated rings. The van der Waals surface area contributed by atoms with Crippen LogP contribution in [-0.4, -0.2) is 30.2 Å². The molecule has 126 valence electrons. The molecule has 0 aliphatic heterocycles. The fourth-order valence-electron chi connectivity index (χ4n) is 1.78. The molecule has 0 atom stereocenters. The number of carbonyl (C=O) groups excluding carboxylic acids is 2. The van der Waals surface area contributed by atoms with Gasteiger partial charge in [-0.05, 0) is 24.3 Å². The molecule has 0 unspecified atom stereocenters. The molecule has 1 aromatic heterocycles. The number of hydrogen-bond donors (Lipinski definition) is 2. The molecule has 0 radical (unpaired) electrons. The lowest BCUT2D eigenvalue weighted by atomic mass is 10.4. The zero-order chi connectivity index (χ0) is 17.9. The van der Waals surface area contributed by atoms with E-state index in [-0.39, 0.29) is 21.6 Å². The van der Waals surface area contributed by atoms with Crippen molar-refractivity contribution in [3.63, 3.8) is 0 Å². The van der Waals surface area contributed by atoms with Crippen LogP contribution in [0.3, 0.4) is 0 Å². The third-order valence-corrected chi connectivity index (χ3v) is 4.77. The maximum absolute atomic E-state index is 12.7. The van der Waals surface area contributed by atoms with Crippen molar-refractivity contribution in [2.24, 2.45) is 0 Å². The van der Waals surface area contributed by atoms with Gasteiger partial charge in [-0.15, -0.1) is 0 Å². The number of amides is 2. The van der Waals surface area contributed by atoms with E-state index in [2.05, 4.69) is 20.6 Å². The van der Waals surface area contributed by atoms with Crippen LogP contribution in [0.4, 0.5) is 11.8 Å². The van der Waals surface area contributed by atoms with Crippen molar-refractivity contribution in [1.82, 2.24) is 9.97 Å². The number of nitrogens with zero attached hydrogens (tertiary/aromatic N) is 2. The van der Waals surface area contributed by atoms with Crippen LogP contribution in [0.5, 0.6) is 0 Å². The van der Waals surface area contributed by atoms with Crippen LogP contribution in [0, 0.1) is 0 Å². The van der Waals surface area contributed by atoms with Crippen LogP contribution < -0.4 is 10.6 Å². The number of sulfone groups is 1. The number of rotatable bonds is 4. The molecular formula is C14H13ClN4O4S. The molecule has 2 aromatic rings. The van der Waals surface area contributed by atoms with E-state index in [1.807, 2.05) is 0 Å². The van der Waals surface area contributed by atoms with Gasteiger partial charge in [0.15, 0.2) is 5.82 Å². The number of benzene rings is 1. The predicted molar refractivity (Wildman–Crippen MR) is 87.5 cm³/mol. The maximum Gasteiger partial charge on any atom is 0.231 e. The molecule has 10 heteroatoms. The van der Waals surface area contributed by atoms with E-state index >= 15 is 0 Å². The third-order valence-electron chi connectivity index (χ3n) is 2.75. The lowest BCUT2D eigenvalue weighted by Crippen LogP contribution is -2.16. The fourth-order valence-corrected chi connectivity index (χ4v) is 3.20. The summed E-state index contributed by atoms with van der Waals surface area (Å²) in [5.41, 5.74) is 0. The molecule has 0 aliphatic carbocycles. The second kappa shape index (κ2) is 6.93. The van der Waals surface area contributed by atoms with Crippen molar-refractivity contribution in [1.29, 1.82) is 0 Å². The smallest absolute Gasteiger partial charge is 0.231 e. The monoisotopic (exact) mass is 368 g/mol. The number of halogens is 1. The van der Waals surface area contributed by atoms with Gasteiger partial charge in [0.2, 0.25) is 27.6 Å². The summed E-state index contributed by atoms with van der Waals surface area (Å²) in [6.45, 7) is 2.46. The van der Waals surface area contributed by atoms with Crippen molar-refractivity contribution < 1.29 is 18.0 Å². The summed E-state index contributed by atoms with van der Waals surface area (Å²) in [7, 11) is -3.99. The molecule has 0 saturated carbocycles. The molecular weight excluding hydrogens is 356 g/mol. The Hall–Kier alpha value is -2.52. The zero-order valence-corrected chi connectivity index (χ0v) is 14.3. The van der Waals surface area contributed by atoms with Gasteiger partial charge in [0, 0.05) is 18.9 Å². The molecule has 2 amide bonds. The van der Waals surface area contributed by atoms with Crippen LogP contribution in [0.15, 0.2) is 40.3 Å². The van der Waals surface area contributed by atoms with Crippen LogP contribution >= 0.6 is 11.6 Å². The molecule has 8 nitrogen and oxygen atoms in total.